The third-order valence-corrected chi connectivity index (χ3v) is 1.73. The summed E-state index contributed by atoms with van der Waals surface area (Å²) < 4.78 is 0. The lowest BCUT2D eigenvalue weighted by Gasteiger charge is -1.98. The molecule has 64 valence electrons. The first-order chi connectivity index (χ1) is 5.86. The summed E-state index contributed by atoms with van der Waals surface area (Å²) in [7, 11) is 0. The van der Waals surface area contributed by atoms with E-state index in [1.54, 1.807) is 6.08 Å². The molecule has 0 saturated heterocycles. The minimum absolute atomic E-state index is 0.739. The van der Waals surface area contributed by atoms with Crippen LogP contribution in [0.4, 0.5) is 0 Å². The van der Waals surface area contributed by atoms with E-state index >= 15 is 0 Å². The number of pyridine rings is 1. The van der Waals surface area contributed by atoms with Gasteiger partial charge in [0, 0.05) is 6.20 Å². The molecule has 2 nitrogen and oxygen atoms in total. The maximum Gasteiger partial charge on any atom is 0.0623 e. The summed E-state index contributed by atoms with van der Waals surface area (Å²) in [5, 5.41) is 0. The van der Waals surface area contributed by atoms with Crippen molar-refractivity contribution in [3.8, 4) is 0 Å². The fourth-order valence-corrected chi connectivity index (χ4v) is 1.01. The number of nitrogens with two attached hydrogens (primary N) is 1. The first kappa shape index (κ1) is 8.94. The molecule has 0 aromatic carbocycles. The second-order valence-corrected chi connectivity index (χ2v) is 2.69. The zero-order chi connectivity index (χ0) is 8.81. The van der Waals surface area contributed by atoms with Crippen LogP contribution in [-0.2, 0) is 6.42 Å². The summed E-state index contributed by atoms with van der Waals surface area (Å²) in [6.07, 6.45) is 5.66. The molecule has 1 aromatic heterocycles. The van der Waals surface area contributed by atoms with Crippen LogP contribution in [0.15, 0.2) is 24.9 Å². The minimum Gasteiger partial charge on any atom is -0.330 e. The van der Waals surface area contributed by atoms with Crippen LogP contribution in [0.3, 0.4) is 0 Å². The van der Waals surface area contributed by atoms with Crippen LogP contribution in [0.2, 0.25) is 0 Å². The van der Waals surface area contributed by atoms with Gasteiger partial charge in [-0.15, -0.1) is 0 Å². The molecule has 2 N–H and O–H groups in total. The van der Waals surface area contributed by atoms with E-state index in [1.807, 2.05) is 12.3 Å². The van der Waals surface area contributed by atoms with Gasteiger partial charge in [-0.1, -0.05) is 12.6 Å². The lowest BCUT2D eigenvalue weighted by Crippen LogP contribution is -2.00. The highest BCUT2D eigenvalue weighted by Crippen LogP contribution is 2.03. The number of hydrogen-bond donors (Lipinski definition) is 1. The molecule has 0 spiro atoms. The molecule has 0 aliphatic heterocycles. The van der Waals surface area contributed by atoms with Gasteiger partial charge in [-0.2, -0.15) is 0 Å². The van der Waals surface area contributed by atoms with Gasteiger partial charge in [-0.3, -0.25) is 4.98 Å². The average Bonchev–Trinajstić information content (AvgIpc) is 2.15. The van der Waals surface area contributed by atoms with Crippen molar-refractivity contribution in [1.82, 2.24) is 4.98 Å². The number of hydrogen-bond acceptors (Lipinski definition) is 2. The average molecular weight is 162 g/mol. The van der Waals surface area contributed by atoms with Gasteiger partial charge in [-0.25, -0.2) is 0 Å². The first-order valence-electron chi connectivity index (χ1n) is 4.14. The van der Waals surface area contributed by atoms with Crippen molar-refractivity contribution < 1.29 is 0 Å². The molecule has 0 aliphatic rings. The Bertz CT molecular complexity index is 239. The summed E-state index contributed by atoms with van der Waals surface area (Å²) in [6, 6.07) is 4.04. The van der Waals surface area contributed by atoms with Gasteiger partial charge in [0.25, 0.3) is 0 Å². The van der Waals surface area contributed by atoms with E-state index < -0.39 is 0 Å². The Morgan fingerprint density at radius 2 is 2.33 bits per heavy atom. The number of nitrogens with zero attached hydrogens (tertiary/aromatic N) is 1. The summed E-state index contributed by atoms with van der Waals surface area (Å²) in [5.74, 6) is 0. The number of aromatic nitrogens is 1. The quantitative estimate of drug-likeness (QED) is 0.730. The molecule has 0 unspecified atom stereocenters. The summed E-state index contributed by atoms with van der Waals surface area (Å²) >= 11 is 0. The van der Waals surface area contributed by atoms with E-state index in [0.29, 0.717) is 0 Å². The normalized spacial score (nSPS) is 9.75. The van der Waals surface area contributed by atoms with Gasteiger partial charge in [-0.05, 0) is 37.1 Å². The predicted molar refractivity (Wildman–Crippen MR) is 51.7 cm³/mol. The molecule has 0 bridgehead atoms. The summed E-state index contributed by atoms with van der Waals surface area (Å²) in [6.45, 7) is 4.38. The second-order valence-electron chi connectivity index (χ2n) is 2.69. The SMILES string of the molecule is C=Cc1ccc(CCCN)cn1. The highest BCUT2D eigenvalue weighted by atomic mass is 14.7. The Morgan fingerprint density at radius 3 is 2.83 bits per heavy atom. The third-order valence-electron chi connectivity index (χ3n) is 1.73. The van der Waals surface area contributed by atoms with Crippen molar-refractivity contribution in [3.63, 3.8) is 0 Å². The second kappa shape index (κ2) is 4.67. The van der Waals surface area contributed by atoms with E-state index in [-0.39, 0.29) is 0 Å². The monoisotopic (exact) mass is 162 g/mol. The zero-order valence-corrected chi connectivity index (χ0v) is 7.16. The Balaban J connectivity index is 2.58. The van der Waals surface area contributed by atoms with E-state index in [2.05, 4.69) is 17.6 Å². The molecule has 0 fully saturated rings. The van der Waals surface area contributed by atoms with Crippen molar-refractivity contribution in [2.24, 2.45) is 5.73 Å². The molecule has 1 aromatic rings. The molecule has 1 heterocycles. The third kappa shape index (κ3) is 2.47. The van der Waals surface area contributed by atoms with E-state index in [1.165, 1.54) is 5.56 Å². The van der Waals surface area contributed by atoms with E-state index in [4.69, 9.17) is 5.73 Å². The molecule has 0 amide bonds. The van der Waals surface area contributed by atoms with Gasteiger partial charge in [0.15, 0.2) is 0 Å². The van der Waals surface area contributed by atoms with Gasteiger partial charge >= 0.3 is 0 Å². The van der Waals surface area contributed by atoms with Crippen molar-refractivity contribution in [3.05, 3.63) is 36.2 Å². The maximum absolute atomic E-state index is 5.40. The number of aryl methyl sites for hydroxylation is 1. The highest BCUT2D eigenvalue weighted by molar-refractivity contribution is 5.41. The molecular formula is C10H14N2. The lowest BCUT2D eigenvalue weighted by atomic mass is 10.1. The van der Waals surface area contributed by atoms with Crippen LogP contribution in [-0.4, -0.2) is 11.5 Å². The van der Waals surface area contributed by atoms with Crippen LogP contribution in [0, 0.1) is 0 Å². The maximum atomic E-state index is 5.40. The van der Waals surface area contributed by atoms with Crippen molar-refractivity contribution in [1.29, 1.82) is 0 Å². The van der Waals surface area contributed by atoms with Crippen molar-refractivity contribution in [2.45, 2.75) is 12.8 Å². The Morgan fingerprint density at radius 1 is 1.50 bits per heavy atom. The van der Waals surface area contributed by atoms with Gasteiger partial charge in [0.1, 0.15) is 0 Å². The van der Waals surface area contributed by atoms with Crippen LogP contribution < -0.4 is 5.73 Å². The van der Waals surface area contributed by atoms with E-state index in [9.17, 15) is 0 Å². The molecule has 1 rings (SSSR count). The zero-order valence-electron chi connectivity index (χ0n) is 7.16. The van der Waals surface area contributed by atoms with Gasteiger partial charge < -0.3 is 5.73 Å². The smallest absolute Gasteiger partial charge is 0.0623 e. The summed E-state index contributed by atoms with van der Waals surface area (Å²) in [4.78, 5) is 4.19. The molecule has 0 atom stereocenters. The standard InChI is InChI=1S/C10H14N2/c1-2-10-6-5-9(8-12-10)4-3-7-11/h2,5-6,8H,1,3-4,7,11H2. The summed E-state index contributed by atoms with van der Waals surface area (Å²) in [5.41, 5.74) is 7.56. The minimum atomic E-state index is 0.739. The van der Waals surface area contributed by atoms with Crippen molar-refractivity contribution in [2.75, 3.05) is 6.54 Å². The highest BCUT2D eigenvalue weighted by Gasteiger charge is 1.92. The Labute approximate surface area is 73.1 Å². The van der Waals surface area contributed by atoms with Gasteiger partial charge in [0.2, 0.25) is 0 Å². The van der Waals surface area contributed by atoms with E-state index in [0.717, 1.165) is 25.1 Å². The fourth-order valence-electron chi connectivity index (χ4n) is 1.01. The molecule has 2 heteroatoms. The number of rotatable bonds is 4. The van der Waals surface area contributed by atoms with Crippen LogP contribution >= 0.6 is 0 Å². The topological polar surface area (TPSA) is 38.9 Å². The van der Waals surface area contributed by atoms with Gasteiger partial charge in [0.05, 0.1) is 5.69 Å². The predicted octanol–water partition coefficient (Wildman–Crippen LogP) is 1.62. The molecule has 12 heavy (non-hydrogen) atoms. The lowest BCUT2D eigenvalue weighted by molar-refractivity contribution is 0.828. The fraction of sp³-hybridized carbons (Fsp3) is 0.300. The van der Waals surface area contributed by atoms with Crippen molar-refractivity contribution >= 4 is 6.08 Å². The van der Waals surface area contributed by atoms with Crippen LogP contribution in [0.25, 0.3) is 6.08 Å². The molecule has 0 aliphatic carbocycles. The Hall–Kier alpha value is -1.15. The first-order valence-corrected chi connectivity index (χ1v) is 4.14. The molecule has 0 radical (unpaired) electrons. The molecular weight excluding hydrogens is 148 g/mol. The molecule has 0 saturated carbocycles. The largest absolute Gasteiger partial charge is 0.330 e. The Kier molecular flexibility index (Phi) is 3.48. The van der Waals surface area contributed by atoms with Crippen LogP contribution in [0.5, 0.6) is 0 Å². The van der Waals surface area contributed by atoms with Crippen LogP contribution in [0.1, 0.15) is 17.7 Å².